The van der Waals surface area contributed by atoms with E-state index in [1.54, 1.807) is 0 Å². The maximum Gasteiger partial charge on any atom is 0.135 e. The number of furan rings is 2. The lowest BCUT2D eigenvalue weighted by atomic mass is 9.62. The van der Waals surface area contributed by atoms with Gasteiger partial charge in [-0.3, -0.25) is 0 Å². The first-order valence-corrected chi connectivity index (χ1v) is 16.0. The number of benzene rings is 6. The zero-order valence-electron chi connectivity index (χ0n) is 25.1. The van der Waals surface area contributed by atoms with E-state index in [1.807, 2.05) is 6.07 Å². The van der Waals surface area contributed by atoms with E-state index in [2.05, 4.69) is 151 Å². The Bertz CT molecular complexity index is 2450. The molecule has 46 heavy (non-hydrogen) atoms. The van der Waals surface area contributed by atoms with Crippen molar-refractivity contribution in [3.05, 3.63) is 179 Å². The minimum absolute atomic E-state index is 0.650. The zero-order chi connectivity index (χ0) is 30.2. The predicted octanol–water partition coefficient (Wildman–Crippen LogP) is 11.5. The summed E-state index contributed by atoms with van der Waals surface area (Å²) in [4.78, 5) is 2.40. The molecule has 0 unspecified atom stereocenters. The molecule has 0 radical (unpaired) electrons. The van der Waals surface area contributed by atoms with Crippen LogP contribution in [0.25, 0.3) is 39.0 Å². The summed E-state index contributed by atoms with van der Waals surface area (Å²) in [6.45, 7) is 0. The van der Waals surface area contributed by atoms with E-state index >= 15 is 0 Å². The average molecular weight is 592 g/mol. The maximum atomic E-state index is 6.60. The lowest BCUT2D eigenvalue weighted by Gasteiger charge is -2.46. The third kappa shape index (κ3) is 3.43. The van der Waals surface area contributed by atoms with E-state index < -0.39 is 5.41 Å². The second-order valence-corrected chi connectivity index (χ2v) is 12.4. The second kappa shape index (κ2) is 9.60. The van der Waals surface area contributed by atoms with Gasteiger partial charge in [0.2, 0.25) is 0 Å². The van der Waals surface area contributed by atoms with Crippen LogP contribution < -0.4 is 4.90 Å². The van der Waals surface area contributed by atoms with Crippen LogP contribution in [0.4, 0.5) is 17.1 Å². The molecule has 218 valence electrons. The van der Waals surface area contributed by atoms with Crippen LogP contribution in [0.15, 0.2) is 154 Å². The number of anilines is 3. The monoisotopic (exact) mass is 591 g/mol. The number of fused-ring (bicyclic) bond motifs is 8. The first kappa shape index (κ1) is 25.5. The largest absolute Gasteiger partial charge is 0.460 e. The molecular weight excluding hydrogens is 562 g/mol. The smallest absolute Gasteiger partial charge is 0.135 e. The summed E-state index contributed by atoms with van der Waals surface area (Å²) in [6, 6.07) is 50.4. The Morgan fingerprint density at radius 3 is 1.89 bits per heavy atom. The van der Waals surface area contributed by atoms with E-state index in [0.717, 1.165) is 74.3 Å². The van der Waals surface area contributed by atoms with Gasteiger partial charge >= 0.3 is 0 Å². The molecule has 0 spiro atoms. The van der Waals surface area contributed by atoms with Crippen molar-refractivity contribution in [2.75, 3.05) is 4.90 Å². The van der Waals surface area contributed by atoms with Gasteiger partial charge in [0.1, 0.15) is 22.5 Å². The lowest BCUT2D eigenvalue weighted by molar-refractivity contribution is 0.545. The molecule has 3 heterocycles. The average Bonchev–Trinajstić information content (AvgIpc) is 3.68. The molecule has 0 atom stereocenters. The number of allylic oxidation sites excluding steroid dienone is 1. The number of rotatable bonds is 3. The van der Waals surface area contributed by atoms with Crippen LogP contribution in [0.2, 0.25) is 0 Å². The Morgan fingerprint density at radius 1 is 0.522 bits per heavy atom. The van der Waals surface area contributed by atoms with Gasteiger partial charge in [0.05, 0.1) is 16.8 Å². The number of hydrogen-bond donors (Lipinski definition) is 0. The Kier molecular flexibility index (Phi) is 5.32. The van der Waals surface area contributed by atoms with E-state index in [1.165, 1.54) is 22.1 Å². The first-order chi connectivity index (χ1) is 22.8. The maximum absolute atomic E-state index is 6.60. The Morgan fingerprint density at radius 2 is 1.13 bits per heavy atom. The van der Waals surface area contributed by atoms with Gasteiger partial charge in [0, 0.05) is 33.8 Å². The quantitative estimate of drug-likeness (QED) is 0.205. The van der Waals surface area contributed by atoms with Crippen LogP contribution in [0, 0.1) is 0 Å². The molecule has 0 N–H and O–H groups in total. The van der Waals surface area contributed by atoms with Crippen molar-refractivity contribution >= 4 is 56.0 Å². The molecule has 1 aliphatic heterocycles. The molecule has 6 aromatic carbocycles. The SMILES string of the molecule is C1=Cc2c(oc3cc(C4(c5ccc6c(c5)oc5ccccc56)c5ccccc5N(c5ccccc5)c5ccccc54)ccc23)CC1. The van der Waals surface area contributed by atoms with Gasteiger partial charge in [0.15, 0.2) is 0 Å². The molecule has 0 saturated heterocycles. The van der Waals surface area contributed by atoms with Crippen LogP contribution in [0.5, 0.6) is 0 Å². The lowest BCUT2D eigenvalue weighted by Crippen LogP contribution is -2.37. The van der Waals surface area contributed by atoms with Gasteiger partial charge < -0.3 is 13.7 Å². The molecule has 0 fully saturated rings. The highest BCUT2D eigenvalue weighted by atomic mass is 16.3. The molecule has 2 aromatic heterocycles. The Labute approximate surface area is 266 Å². The number of nitrogens with zero attached hydrogens (tertiary/aromatic N) is 1. The number of para-hydroxylation sites is 4. The summed E-state index contributed by atoms with van der Waals surface area (Å²) in [5.41, 5.74) is 11.5. The minimum Gasteiger partial charge on any atom is -0.460 e. The molecule has 1 aliphatic carbocycles. The van der Waals surface area contributed by atoms with Crippen LogP contribution in [-0.4, -0.2) is 0 Å². The van der Waals surface area contributed by atoms with Crippen LogP contribution in [0.1, 0.15) is 40.0 Å². The van der Waals surface area contributed by atoms with Crippen molar-refractivity contribution < 1.29 is 8.83 Å². The first-order valence-electron chi connectivity index (χ1n) is 16.0. The molecule has 8 aromatic rings. The van der Waals surface area contributed by atoms with Crippen molar-refractivity contribution in [2.24, 2.45) is 0 Å². The van der Waals surface area contributed by atoms with Crippen molar-refractivity contribution in [1.29, 1.82) is 0 Å². The van der Waals surface area contributed by atoms with E-state index in [4.69, 9.17) is 8.83 Å². The van der Waals surface area contributed by atoms with Gasteiger partial charge in [-0.05, 0) is 71.1 Å². The highest BCUT2D eigenvalue weighted by molar-refractivity contribution is 6.05. The fourth-order valence-corrected chi connectivity index (χ4v) is 8.03. The van der Waals surface area contributed by atoms with Crippen LogP contribution in [-0.2, 0) is 11.8 Å². The molecule has 0 saturated carbocycles. The summed E-state index contributed by atoms with van der Waals surface area (Å²) in [6.07, 6.45) is 6.41. The fraction of sp³-hybridized carbons (Fsp3) is 0.0698. The summed E-state index contributed by atoms with van der Waals surface area (Å²) in [7, 11) is 0. The highest BCUT2D eigenvalue weighted by Crippen LogP contribution is 2.58. The van der Waals surface area contributed by atoms with Gasteiger partial charge in [-0.15, -0.1) is 0 Å². The summed E-state index contributed by atoms with van der Waals surface area (Å²) in [5.74, 6) is 1.08. The third-order valence-electron chi connectivity index (χ3n) is 9.99. The van der Waals surface area contributed by atoms with Crippen molar-refractivity contribution in [2.45, 2.75) is 18.3 Å². The molecule has 3 nitrogen and oxygen atoms in total. The van der Waals surface area contributed by atoms with Gasteiger partial charge in [-0.2, -0.15) is 0 Å². The van der Waals surface area contributed by atoms with Crippen molar-refractivity contribution in [3.8, 4) is 0 Å². The predicted molar refractivity (Wildman–Crippen MR) is 187 cm³/mol. The zero-order valence-corrected chi connectivity index (χ0v) is 25.1. The Hall–Kier alpha value is -5.80. The van der Waals surface area contributed by atoms with E-state index in [-0.39, 0.29) is 0 Å². The van der Waals surface area contributed by atoms with Crippen molar-refractivity contribution in [3.63, 3.8) is 0 Å². The fourth-order valence-electron chi connectivity index (χ4n) is 8.03. The topological polar surface area (TPSA) is 29.5 Å². The van der Waals surface area contributed by atoms with Gasteiger partial charge in [0.25, 0.3) is 0 Å². The van der Waals surface area contributed by atoms with Gasteiger partial charge in [-0.25, -0.2) is 0 Å². The number of hydrogen-bond acceptors (Lipinski definition) is 3. The van der Waals surface area contributed by atoms with E-state index in [0.29, 0.717) is 0 Å². The van der Waals surface area contributed by atoms with Crippen LogP contribution >= 0.6 is 0 Å². The second-order valence-electron chi connectivity index (χ2n) is 12.4. The standard InChI is InChI=1S/C43H29NO2/c1-2-12-30(13-3-1)44-37-18-8-6-16-35(37)43(36-17-7-9-19-38(36)44,28-22-24-33-31-14-4-10-20-39(31)45-41(33)26-28)29-23-25-34-32-15-5-11-21-40(32)46-42(34)27-29/h1-10,12-20,22-27H,11,21H2. The summed E-state index contributed by atoms with van der Waals surface area (Å²) >= 11 is 0. The van der Waals surface area contributed by atoms with Crippen molar-refractivity contribution in [1.82, 2.24) is 0 Å². The number of aryl methyl sites for hydroxylation is 1. The molecule has 10 rings (SSSR count). The highest BCUT2D eigenvalue weighted by Gasteiger charge is 2.47. The molecule has 0 amide bonds. The summed E-state index contributed by atoms with van der Waals surface area (Å²) in [5, 5.41) is 3.42. The van der Waals surface area contributed by atoms with Gasteiger partial charge in [-0.1, -0.05) is 109 Å². The molecular formula is C43H29NO2. The Balaban J connectivity index is 1.33. The molecule has 3 heteroatoms. The minimum atomic E-state index is -0.650. The normalized spacial score (nSPS) is 14.8. The summed E-state index contributed by atoms with van der Waals surface area (Å²) < 4.78 is 13.1. The van der Waals surface area contributed by atoms with Crippen LogP contribution in [0.3, 0.4) is 0 Å². The molecule has 2 aliphatic rings. The third-order valence-corrected chi connectivity index (χ3v) is 9.99. The molecule has 0 bridgehead atoms. The van der Waals surface area contributed by atoms with E-state index in [9.17, 15) is 0 Å².